The van der Waals surface area contributed by atoms with E-state index in [0.29, 0.717) is 17.2 Å². The van der Waals surface area contributed by atoms with E-state index in [1.165, 1.54) is 11.3 Å². The van der Waals surface area contributed by atoms with Gasteiger partial charge in [-0.2, -0.15) is 0 Å². The lowest BCUT2D eigenvalue weighted by Gasteiger charge is -2.05. The Morgan fingerprint density at radius 1 is 1.29 bits per heavy atom. The predicted octanol–water partition coefficient (Wildman–Crippen LogP) is 0.764. The van der Waals surface area contributed by atoms with Crippen molar-refractivity contribution >= 4 is 21.4 Å². The van der Waals surface area contributed by atoms with Gasteiger partial charge in [-0.25, -0.2) is 18.1 Å². The maximum atomic E-state index is 12.2. The van der Waals surface area contributed by atoms with Gasteiger partial charge < -0.3 is 9.88 Å². The van der Waals surface area contributed by atoms with Crippen molar-refractivity contribution in [1.82, 2.24) is 19.6 Å². The van der Waals surface area contributed by atoms with Crippen LogP contribution in [0, 0.1) is 0 Å². The molecule has 0 radical (unpaired) electrons. The summed E-state index contributed by atoms with van der Waals surface area (Å²) >= 11 is 1.32. The molecule has 0 saturated carbocycles. The zero-order chi connectivity index (χ0) is 15.3. The second-order valence-electron chi connectivity index (χ2n) is 4.68. The predicted molar refractivity (Wildman–Crippen MR) is 84.1 cm³/mol. The highest BCUT2D eigenvalue weighted by atomic mass is 32.2. The Morgan fingerprint density at radius 3 is 2.76 bits per heavy atom. The third-order valence-corrected chi connectivity index (χ3v) is 6.18. The zero-order valence-electron chi connectivity index (χ0n) is 12.2. The fraction of sp³-hybridized carbons (Fsp3) is 0.462. The molecule has 0 bridgehead atoms. The van der Waals surface area contributed by atoms with E-state index in [1.807, 2.05) is 30.9 Å². The fourth-order valence-electron chi connectivity index (χ4n) is 1.89. The molecule has 6 nitrogen and oxygen atoms in total. The van der Waals surface area contributed by atoms with Crippen LogP contribution in [0.5, 0.6) is 0 Å². The van der Waals surface area contributed by atoms with Crippen LogP contribution in [-0.2, 0) is 29.9 Å². The average Bonchev–Trinajstić information content (AvgIpc) is 3.06. The van der Waals surface area contributed by atoms with E-state index in [9.17, 15) is 8.42 Å². The van der Waals surface area contributed by atoms with Gasteiger partial charge in [0.05, 0.1) is 0 Å². The van der Waals surface area contributed by atoms with Crippen molar-refractivity contribution in [1.29, 1.82) is 0 Å². The molecule has 8 heteroatoms. The number of rotatable bonds is 8. The van der Waals surface area contributed by atoms with Crippen LogP contribution in [0.3, 0.4) is 0 Å². The standard InChI is InChI=1S/C13H20N4O2S2/c1-14-7-5-11-3-4-13(20-11)21(18,19)16-8-6-12-15-9-10-17(12)2/h3-4,9-10,14,16H,5-8H2,1-2H3. The SMILES string of the molecule is CNCCc1ccc(S(=O)(=O)NCCc2nccn2C)s1. The molecule has 0 saturated heterocycles. The third-order valence-electron chi connectivity index (χ3n) is 3.08. The van der Waals surface area contributed by atoms with Crippen LogP contribution in [0.15, 0.2) is 28.7 Å². The Morgan fingerprint density at radius 2 is 2.10 bits per heavy atom. The van der Waals surface area contributed by atoms with Gasteiger partial charge in [-0.15, -0.1) is 11.3 Å². The van der Waals surface area contributed by atoms with Crippen LogP contribution in [0.2, 0.25) is 0 Å². The van der Waals surface area contributed by atoms with E-state index in [2.05, 4.69) is 15.0 Å². The van der Waals surface area contributed by atoms with Gasteiger partial charge in [-0.1, -0.05) is 0 Å². The molecule has 116 valence electrons. The second kappa shape index (κ2) is 7.17. The van der Waals surface area contributed by atoms with E-state index in [-0.39, 0.29) is 0 Å². The van der Waals surface area contributed by atoms with Crippen LogP contribution in [0.25, 0.3) is 0 Å². The Balaban J connectivity index is 1.92. The van der Waals surface area contributed by atoms with Crippen molar-refractivity contribution in [2.24, 2.45) is 7.05 Å². The maximum Gasteiger partial charge on any atom is 0.250 e. The van der Waals surface area contributed by atoms with Gasteiger partial charge in [0.15, 0.2) is 0 Å². The number of likely N-dealkylation sites (N-methyl/N-ethyl adjacent to an activating group) is 1. The number of aromatic nitrogens is 2. The molecule has 2 aromatic rings. The van der Waals surface area contributed by atoms with Crippen LogP contribution in [0.1, 0.15) is 10.7 Å². The Labute approximate surface area is 129 Å². The van der Waals surface area contributed by atoms with Crippen LogP contribution >= 0.6 is 11.3 Å². The van der Waals surface area contributed by atoms with E-state index in [4.69, 9.17) is 0 Å². The summed E-state index contributed by atoms with van der Waals surface area (Å²) in [5.41, 5.74) is 0. The Bertz CT molecular complexity index is 676. The van der Waals surface area contributed by atoms with E-state index in [1.54, 1.807) is 12.3 Å². The number of hydrogen-bond acceptors (Lipinski definition) is 5. The zero-order valence-corrected chi connectivity index (χ0v) is 13.8. The first-order chi connectivity index (χ1) is 10.0. The lowest BCUT2D eigenvalue weighted by molar-refractivity contribution is 0.582. The molecule has 2 heterocycles. The number of hydrogen-bond donors (Lipinski definition) is 2. The van der Waals surface area contributed by atoms with Crippen molar-refractivity contribution in [3.8, 4) is 0 Å². The molecule has 0 aliphatic heterocycles. The molecular weight excluding hydrogens is 308 g/mol. The molecule has 0 spiro atoms. The summed E-state index contributed by atoms with van der Waals surface area (Å²) in [5, 5.41) is 3.05. The number of sulfonamides is 1. The quantitative estimate of drug-likeness (QED) is 0.750. The van der Waals surface area contributed by atoms with Crippen molar-refractivity contribution in [2.45, 2.75) is 17.1 Å². The van der Waals surface area contributed by atoms with E-state index < -0.39 is 10.0 Å². The first-order valence-electron chi connectivity index (χ1n) is 6.72. The molecule has 2 aromatic heterocycles. The van der Waals surface area contributed by atoms with Gasteiger partial charge >= 0.3 is 0 Å². The average molecular weight is 328 g/mol. The molecule has 0 aromatic carbocycles. The summed E-state index contributed by atoms with van der Waals surface area (Å²) in [7, 11) is 0.353. The number of nitrogens with one attached hydrogen (secondary N) is 2. The molecule has 2 N–H and O–H groups in total. The second-order valence-corrected chi connectivity index (χ2v) is 7.84. The van der Waals surface area contributed by atoms with Gasteiger partial charge in [0.1, 0.15) is 10.0 Å². The van der Waals surface area contributed by atoms with Crippen LogP contribution < -0.4 is 10.0 Å². The lowest BCUT2D eigenvalue weighted by atomic mass is 10.3. The summed E-state index contributed by atoms with van der Waals surface area (Å²) in [5.74, 6) is 0.860. The minimum Gasteiger partial charge on any atom is -0.338 e. The van der Waals surface area contributed by atoms with Gasteiger partial charge in [0.25, 0.3) is 0 Å². The highest BCUT2D eigenvalue weighted by Gasteiger charge is 2.16. The molecule has 0 aliphatic rings. The van der Waals surface area contributed by atoms with E-state index in [0.717, 1.165) is 23.7 Å². The molecule has 21 heavy (non-hydrogen) atoms. The van der Waals surface area contributed by atoms with E-state index >= 15 is 0 Å². The summed E-state index contributed by atoms with van der Waals surface area (Å²) < 4.78 is 29.3. The van der Waals surface area contributed by atoms with Gasteiger partial charge in [-0.3, -0.25) is 0 Å². The number of nitrogens with zero attached hydrogens (tertiary/aromatic N) is 2. The number of imidazole rings is 1. The first-order valence-corrected chi connectivity index (χ1v) is 9.02. The highest BCUT2D eigenvalue weighted by Crippen LogP contribution is 2.21. The van der Waals surface area contributed by atoms with Gasteiger partial charge in [-0.05, 0) is 32.1 Å². The van der Waals surface area contributed by atoms with Crippen molar-refractivity contribution in [2.75, 3.05) is 20.1 Å². The van der Waals surface area contributed by atoms with Crippen molar-refractivity contribution in [3.05, 3.63) is 35.2 Å². The minimum atomic E-state index is -3.42. The molecule has 0 aliphatic carbocycles. The molecule has 0 amide bonds. The minimum absolute atomic E-state index is 0.344. The first kappa shape index (κ1) is 16.2. The summed E-state index contributed by atoms with van der Waals surface area (Å²) in [6.07, 6.45) is 4.96. The molecular formula is C13H20N4O2S2. The lowest BCUT2D eigenvalue weighted by Crippen LogP contribution is -2.26. The maximum absolute atomic E-state index is 12.2. The molecule has 2 rings (SSSR count). The van der Waals surface area contributed by atoms with Crippen LogP contribution in [-0.4, -0.2) is 38.1 Å². The van der Waals surface area contributed by atoms with Crippen LogP contribution in [0.4, 0.5) is 0 Å². The topological polar surface area (TPSA) is 76.0 Å². The molecule has 0 unspecified atom stereocenters. The monoisotopic (exact) mass is 328 g/mol. The summed E-state index contributed by atoms with van der Waals surface area (Å²) in [6, 6.07) is 3.54. The number of thiophene rings is 1. The Hall–Kier alpha value is -1.22. The Kier molecular flexibility index (Phi) is 5.51. The largest absolute Gasteiger partial charge is 0.338 e. The van der Waals surface area contributed by atoms with Gasteiger partial charge in [0, 0.05) is 37.3 Å². The number of aryl methyl sites for hydroxylation is 1. The summed E-state index contributed by atoms with van der Waals surface area (Å²) in [6.45, 7) is 1.18. The van der Waals surface area contributed by atoms with Crippen molar-refractivity contribution < 1.29 is 8.42 Å². The third kappa shape index (κ3) is 4.37. The fourth-order valence-corrected chi connectivity index (χ4v) is 4.32. The highest BCUT2D eigenvalue weighted by molar-refractivity contribution is 7.91. The smallest absolute Gasteiger partial charge is 0.250 e. The molecule has 0 atom stereocenters. The van der Waals surface area contributed by atoms with Crippen molar-refractivity contribution in [3.63, 3.8) is 0 Å². The normalized spacial score (nSPS) is 11.9. The van der Waals surface area contributed by atoms with Gasteiger partial charge in [0.2, 0.25) is 10.0 Å². The summed E-state index contributed by atoms with van der Waals surface area (Å²) in [4.78, 5) is 5.23. The molecule has 0 fully saturated rings.